The first-order valence-electron chi connectivity index (χ1n) is 6.20. The molecule has 100 valence electrons. The molecule has 0 radical (unpaired) electrons. The van der Waals surface area contributed by atoms with Crippen molar-refractivity contribution in [1.29, 1.82) is 0 Å². The molecule has 0 amide bonds. The Bertz CT molecular complexity index is 555. The lowest BCUT2D eigenvalue weighted by Gasteiger charge is -2.10. The van der Waals surface area contributed by atoms with Crippen LogP contribution in [0, 0.1) is 6.92 Å². The van der Waals surface area contributed by atoms with Crippen molar-refractivity contribution >= 4 is 0 Å². The maximum absolute atomic E-state index is 9.04. The highest BCUT2D eigenvalue weighted by atomic mass is 16.5. The van der Waals surface area contributed by atoms with E-state index in [0.29, 0.717) is 18.2 Å². The normalized spacial score (nSPS) is 10.3. The zero-order valence-electron chi connectivity index (χ0n) is 11.1. The monoisotopic (exact) mass is 259 g/mol. The highest BCUT2D eigenvalue weighted by molar-refractivity contribution is 5.37. The molecule has 0 aliphatic rings. The third kappa shape index (κ3) is 3.45. The van der Waals surface area contributed by atoms with Crippen LogP contribution in [0.1, 0.15) is 18.1 Å². The lowest BCUT2D eigenvalue weighted by molar-refractivity contribution is 0.281. The summed E-state index contributed by atoms with van der Waals surface area (Å²) in [6.07, 6.45) is 1.61. The molecule has 0 bridgehead atoms. The predicted molar refractivity (Wildman–Crippen MR) is 72.6 cm³/mol. The molecule has 1 N–H and O–H groups in total. The molecule has 2 rings (SSSR count). The van der Waals surface area contributed by atoms with Crippen molar-refractivity contribution in [3.8, 4) is 17.4 Å². The fourth-order valence-electron chi connectivity index (χ4n) is 1.72. The van der Waals surface area contributed by atoms with E-state index in [-0.39, 0.29) is 6.61 Å². The van der Waals surface area contributed by atoms with Crippen molar-refractivity contribution in [2.45, 2.75) is 20.5 Å². The Morgan fingerprint density at radius 3 is 2.68 bits per heavy atom. The molecule has 1 aromatic carbocycles. The Morgan fingerprint density at radius 1 is 1.21 bits per heavy atom. The van der Waals surface area contributed by atoms with Crippen LogP contribution < -0.4 is 9.47 Å². The van der Waals surface area contributed by atoms with Gasteiger partial charge >= 0.3 is 0 Å². The topological polar surface area (TPSA) is 51.6 Å². The summed E-state index contributed by atoms with van der Waals surface area (Å²) in [6, 6.07) is 9.28. The Labute approximate surface area is 112 Å². The summed E-state index contributed by atoms with van der Waals surface area (Å²) in [7, 11) is 0. The second-order valence-corrected chi connectivity index (χ2v) is 4.13. The summed E-state index contributed by atoms with van der Waals surface area (Å²) < 4.78 is 11.1. The number of pyridine rings is 1. The van der Waals surface area contributed by atoms with Crippen molar-refractivity contribution < 1.29 is 14.6 Å². The highest BCUT2D eigenvalue weighted by Gasteiger charge is 2.05. The number of rotatable bonds is 5. The standard InChI is InChI=1S/C15H17NO3/c1-3-18-13-5-4-6-14(8-13)19-15-11(2)7-12(10-17)9-16-15/h4-9,17H,3,10H2,1-2H3. The van der Waals surface area contributed by atoms with Gasteiger partial charge in [-0.2, -0.15) is 0 Å². The average molecular weight is 259 g/mol. The van der Waals surface area contributed by atoms with Gasteiger partial charge in [0.1, 0.15) is 11.5 Å². The molecule has 0 fully saturated rings. The first-order chi connectivity index (χ1) is 9.22. The first kappa shape index (κ1) is 13.4. The minimum absolute atomic E-state index is 0.0199. The van der Waals surface area contributed by atoms with Crippen LogP contribution in [0.3, 0.4) is 0 Å². The van der Waals surface area contributed by atoms with E-state index < -0.39 is 0 Å². The predicted octanol–water partition coefficient (Wildman–Crippen LogP) is 3.07. The molecule has 0 saturated heterocycles. The Morgan fingerprint density at radius 2 is 2.00 bits per heavy atom. The molecular formula is C15H17NO3. The van der Waals surface area contributed by atoms with E-state index in [1.165, 1.54) is 0 Å². The van der Waals surface area contributed by atoms with Crippen molar-refractivity contribution in [1.82, 2.24) is 4.98 Å². The molecule has 19 heavy (non-hydrogen) atoms. The SMILES string of the molecule is CCOc1cccc(Oc2ncc(CO)cc2C)c1. The Balaban J connectivity index is 2.18. The van der Waals surface area contributed by atoms with E-state index in [1.807, 2.05) is 44.2 Å². The molecule has 0 saturated carbocycles. The molecular weight excluding hydrogens is 242 g/mol. The van der Waals surface area contributed by atoms with Gasteiger partial charge in [-0.25, -0.2) is 4.98 Å². The third-order valence-corrected chi connectivity index (χ3v) is 2.60. The lowest BCUT2D eigenvalue weighted by atomic mass is 10.2. The smallest absolute Gasteiger partial charge is 0.222 e. The van der Waals surface area contributed by atoms with Gasteiger partial charge in [0.15, 0.2) is 0 Å². The minimum Gasteiger partial charge on any atom is -0.494 e. The van der Waals surface area contributed by atoms with Gasteiger partial charge in [0.2, 0.25) is 5.88 Å². The molecule has 2 aromatic rings. The molecule has 0 aliphatic heterocycles. The van der Waals surface area contributed by atoms with Crippen LogP contribution in [0.25, 0.3) is 0 Å². The molecule has 0 unspecified atom stereocenters. The highest BCUT2D eigenvalue weighted by Crippen LogP contribution is 2.26. The molecule has 1 aromatic heterocycles. The zero-order chi connectivity index (χ0) is 13.7. The number of hydrogen-bond acceptors (Lipinski definition) is 4. The van der Waals surface area contributed by atoms with E-state index in [9.17, 15) is 0 Å². The Kier molecular flexibility index (Phi) is 4.36. The number of aliphatic hydroxyl groups excluding tert-OH is 1. The molecule has 1 heterocycles. The van der Waals surface area contributed by atoms with Crippen molar-refractivity contribution in [3.05, 3.63) is 47.7 Å². The van der Waals surface area contributed by atoms with Gasteiger partial charge < -0.3 is 14.6 Å². The second-order valence-electron chi connectivity index (χ2n) is 4.13. The molecule has 0 spiro atoms. The quantitative estimate of drug-likeness (QED) is 0.896. The Hall–Kier alpha value is -2.07. The number of ether oxygens (including phenoxy) is 2. The van der Waals surface area contributed by atoms with E-state index >= 15 is 0 Å². The number of aryl methyl sites for hydroxylation is 1. The van der Waals surface area contributed by atoms with Gasteiger partial charge in [-0.05, 0) is 37.6 Å². The van der Waals surface area contributed by atoms with E-state index in [2.05, 4.69) is 4.98 Å². The number of benzene rings is 1. The molecule has 4 heteroatoms. The first-order valence-corrected chi connectivity index (χ1v) is 6.20. The fourth-order valence-corrected chi connectivity index (χ4v) is 1.72. The lowest BCUT2D eigenvalue weighted by Crippen LogP contribution is -1.95. The molecule has 0 atom stereocenters. The number of nitrogens with zero attached hydrogens (tertiary/aromatic N) is 1. The van der Waals surface area contributed by atoms with Crippen LogP contribution >= 0.6 is 0 Å². The summed E-state index contributed by atoms with van der Waals surface area (Å²) in [4.78, 5) is 4.20. The number of hydrogen-bond donors (Lipinski definition) is 1. The largest absolute Gasteiger partial charge is 0.494 e. The van der Waals surface area contributed by atoms with Crippen molar-refractivity contribution in [3.63, 3.8) is 0 Å². The van der Waals surface area contributed by atoms with Gasteiger partial charge in [0.05, 0.1) is 13.2 Å². The van der Waals surface area contributed by atoms with E-state index in [4.69, 9.17) is 14.6 Å². The van der Waals surface area contributed by atoms with Gasteiger partial charge in [0.25, 0.3) is 0 Å². The summed E-state index contributed by atoms with van der Waals surface area (Å²) in [6.45, 7) is 4.43. The van der Waals surface area contributed by atoms with Crippen LogP contribution in [-0.2, 0) is 6.61 Å². The maximum atomic E-state index is 9.04. The van der Waals surface area contributed by atoms with Crippen LogP contribution in [0.2, 0.25) is 0 Å². The van der Waals surface area contributed by atoms with E-state index in [0.717, 1.165) is 16.9 Å². The summed E-state index contributed by atoms with van der Waals surface area (Å²) >= 11 is 0. The maximum Gasteiger partial charge on any atom is 0.222 e. The van der Waals surface area contributed by atoms with Gasteiger partial charge in [0, 0.05) is 17.8 Å². The van der Waals surface area contributed by atoms with Crippen LogP contribution in [0.15, 0.2) is 36.5 Å². The third-order valence-electron chi connectivity index (χ3n) is 2.60. The second kappa shape index (κ2) is 6.20. The van der Waals surface area contributed by atoms with Gasteiger partial charge in [-0.1, -0.05) is 6.07 Å². The van der Waals surface area contributed by atoms with Gasteiger partial charge in [-0.15, -0.1) is 0 Å². The van der Waals surface area contributed by atoms with Crippen molar-refractivity contribution in [2.24, 2.45) is 0 Å². The number of aromatic nitrogens is 1. The van der Waals surface area contributed by atoms with Crippen LogP contribution in [0.4, 0.5) is 0 Å². The minimum atomic E-state index is -0.0199. The summed E-state index contributed by atoms with van der Waals surface area (Å²) in [5, 5.41) is 9.04. The number of aliphatic hydroxyl groups is 1. The molecule has 0 aliphatic carbocycles. The van der Waals surface area contributed by atoms with Gasteiger partial charge in [-0.3, -0.25) is 0 Å². The van der Waals surface area contributed by atoms with Crippen molar-refractivity contribution in [2.75, 3.05) is 6.61 Å². The van der Waals surface area contributed by atoms with Crippen LogP contribution in [-0.4, -0.2) is 16.7 Å². The van der Waals surface area contributed by atoms with Crippen LogP contribution in [0.5, 0.6) is 17.4 Å². The fraction of sp³-hybridized carbons (Fsp3) is 0.267. The summed E-state index contributed by atoms with van der Waals surface area (Å²) in [5.74, 6) is 1.98. The van der Waals surface area contributed by atoms with E-state index in [1.54, 1.807) is 6.20 Å². The summed E-state index contributed by atoms with van der Waals surface area (Å²) in [5.41, 5.74) is 1.65. The average Bonchev–Trinajstić information content (AvgIpc) is 2.42. The molecule has 4 nitrogen and oxygen atoms in total. The zero-order valence-corrected chi connectivity index (χ0v) is 11.1.